The normalized spacial score (nSPS) is 13.1. The van der Waals surface area contributed by atoms with Gasteiger partial charge in [0.05, 0.1) is 0 Å². The zero-order valence-electron chi connectivity index (χ0n) is 12.4. The summed E-state index contributed by atoms with van der Waals surface area (Å²) in [6.07, 6.45) is 3.52. The molecule has 1 aliphatic rings. The Morgan fingerprint density at radius 1 is 1.14 bits per heavy atom. The molecule has 1 aliphatic heterocycles. The van der Waals surface area contributed by atoms with E-state index >= 15 is 0 Å². The summed E-state index contributed by atoms with van der Waals surface area (Å²) in [7, 11) is 0. The van der Waals surface area contributed by atoms with E-state index in [0.29, 0.717) is 21.7 Å². The van der Waals surface area contributed by atoms with Crippen LogP contribution in [0.5, 0.6) is 11.5 Å². The van der Waals surface area contributed by atoms with E-state index in [0.717, 1.165) is 33.7 Å². The van der Waals surface area contributed by atoms with Gasteiger partial charge < -0.3 is 0 Å². The predicted molar refractivity (Wildman–Crippen MR) is 89.6 cm³/mol. The molecule has 2 nitrogen and oxygen atoms in total. The summed E-state index contributed by atoms with van der Waals surface area (Å²) in [6, 6.07) is 6.38. The van der Waals surface area contributed by atoms with E-state index in [4.69, 9.17) is 21.1 Å². The topological polar surface area (TPSA) is 18.5 Å². The van der Waals surface area contributed by atoms with Gasteiger partial charge in [-0.1, -0.05) is 0 Å². The van der Waals surface area contributed by atoms with Gasteiger partial charge in [0.2, 0.25) is 0 Å². The molecular weight excluding hydrogens is 351 g/mol. The average Bonchev–Trinajstić information content (AvgIpc) is 2.94. The number of benzene rings is 2. The van der Waals surface area contributed by atoms with Gasteiger partial charge >= 0.3 is 137 Å². The maximum atomic E-state index is 6.73. The van der Waals surface area contributed by atoms with Gasteiger partial charge in [0.1, 0.15) is 0 Å². The first-order chi connectivity index (χ1) is 10.2. The second-order valence-corrected chi connectivity index (χ2v) is 8.19. The molecule has 2 aromatic carbocycles. The van der Waals surface area contributed by atoms with Crippen molar-refractivity contribution in [1.29, 1.82) is 0 Å². The van der Waals surface area contributed by atoms with Crippen molar-refractivity contribution in [2.45, 2.75) is 38.4 Å². The van der Waals surface area contributed by atoms with Gasteiger partial charge in [-0.2, -0.15) is 0 Å². The zero-order valence-corrected chi connectivity index (χ0v) is 14.8. The molecule has 112 valence electrons. The summed E-state index contributed by atoms with van der Waals surface area (Å²) in [6.45, 7) is 4.76. The molecular formula is C17H19ClO2Se. The number of rotatable bonds is 5. The standard InChI is InChI=1S/C17H19ClO2Se/c1-3-5-6-11-7-12-8-14-15(20-10-19-14)9-13(12)16(18)17(11)21-4-2/h7-9H,3-6,10H2,1-2H3. The SMILES string of the molecule is CCCCc1cc2cc3c(cc2c(Cl)c1[Se]CC)OCO3. The Morgan fingerprint density at radius 2 is 1.90 bits per heavy atom. The summed E-state index contributed by atoms with van der Waals surface area (Å²) >= 11 is 7.16. The predicted octanol–water partition coefficient (Wildman–Crippen LogP) is 4.33. The molecule has 0 saturated heterocycles. The van der Waals surface area contributed by atoms with E-state index < -0.39 is 0 Å². The number of fused-ring (bicyclic) bond motifs is 2. The van der Waals surface area contributed by atoms with E-state index in [9.17, 15) is 0 Å². The van der Waals surface area contributed by atoms with Gasteiger partial charge in [-0.25, -0.2) is 0 Å². The molecule has 2 aromatic rings. The molecule has 0 radical (unpaired) electrons. The Hall–Kier alpha value is -0.891. The van der Waals surface area contributed by atoms with Gasteiger partial charge in [-0.15, -0.1) is 0 Å². The molecule has 0 aliphatic carbocycles. The first-order valence-corrected chi connectivity index (χ1v) is 9.86. The van der Waals surface area contributed by atoms with Gasteiger partial charge in [-0.3, -0.25) is 0 Å². The second kappa shape index (κ2) is 6.48. The minimum atomic E-state index is 0.303. The molecule has 0 amide bonds. The number of unbranched alkanes of at least 4 members (excludes halogenated alkanes) is 1. The molecule has 0 unspecified atom stereocenters. The molecule has 0 saturated carbocycles. The van der Waals surface area contributed by atoms with Crippen molar-refractivity contribution in [2.75, 3.05) is 6.79 Å². The fourth-order valence-corrected chi connectivity index (χ4v) is 5.03. The second-order valence-electron chi connectivity index (χ2n) is 5.14. The maximum absolute atomic E-state index is 6.73. The van der Waals surface area contributed by atoms with Gasteiger partial charge in [0.25, 0.3) is 0 Å². The Labute approximate surface area is 136 Å². The fraction of sp³-hybridized carbons (Fsp3) is 0.412. The molecule has 0 bridgehead atoms. The number of halogens is 1. The van der Waals surface area contributed by atoms with Crippen LogP contribution in [-0.4, -0.2) is 21.7 Å². The molecule has 21 heavy (non-hydrogen) atoms. The van der Waals surface area contributed by atoms with Crippen molar-refractivity contribution in [3.63, 3.8) is 0 Å². The van der Waals surface area contributed by atoms with Crippen molar-refractivity contribution < 1.29 is 9.47 Å². The van der Waals surface area contributed by atoms with Crippen molar-refractivity contribution in [3.05, 3.63) is 28.8 Å². The van der Waals surface area contributed by atoms with E-state index in [-0.39, 0.29) is 0 Å². The van der Waals surface area contributed by atoms with Crippen molar-refractivity contribution in [2.24, 2.45) is 0 Å². The minimum absolute atomic E-state index is 0.303. The molecule has 0 fully saturated rings. The molecule has 0 aromatic heterocycles. The summed E-state index contributed by atoms with van der Waals surface area (Å²) in [5.74, 6) is 1.63. The summed E-state index contributed by atoms with van der Waals surface area (Å²) < 4.78 is 12.3. The summed E-state index contributed by atoms with van der Waals surface area (Å²) in [5.41, 5.74) is 1.41. The van der Waals surface area contributed by atoms with Gasteiger partial charge in [-0.05, 0) is 0 Å². The average molecular weight is 370 g/mol. The molecule has 1 heterocycles. The summed E-state index contributed by atoms with van der Waals surface area (Å²) in [5, 5.41) is 4.33. The summed E-state index contributed by atoms with van der Waals surface area (Å²) in [4.78, 5) is 0. The van der Waals surface area contributed by atoms with Crippen LogP contribution in [0.15, 0.2) is 18.2 Å². The Kier molecular flexibility index (Phi) is 4.63. The third-order valence-corrected chi connectivity index (χ3v) is 6.53. The van der Waals surface area contributed by atoms with Crippen LogP contribution in [0.2, 0.25) is 10.3 Å². The van der Waals surface area contributed by atoms with Crippen LogP contribution in [0.3, 0.4) is 0 Å². The third kappa shape index (κ3) is 2.88. The molecule has 3 rings (SSSR count). The van der Waals surface area contributed by atoms with E-state index in [1.165, 1.54) is 28.2 Å². The Bertz CT molecular complexity index is 670. The number of aryl methyl sites for hydroxylation is 1. The molecule has 0 atom stereocenters. The van der Waals surface area contributed by atoms with Crippen LogP contribution < -0.4 is 13.9 Å². The zero-order chi connectivity index (χ0) is 14.8. The molecule has 4 heteroatoms. The Morgan fingerprint density at radius 3 is 2.62 bits per heavy atom. The van der Waals surface area contributed by atoms with Crippen LogP contribution in [-0.2, 0) is 6.42 Å². The van der Waals surface area contributed by atoms with Crippen LogP contribution in [0.25, 0.3) is 10.8 Å². The van der Waals surface area contributed by atoms with Gasteiger partial charge in [0.15, 0.2) is 0 Å². The monoisotopic (exact) mass is 370 g/mol. The first-order valence-electron chi connectivity index (χ1n) is 7.42. The van der Waals surface area contributed by atoms with Crippen molar-refractivity contribution in [3.8, 4) is 11.5 Å². The van der Waals surface area contributed by atoms with Crippen LogP contribution in [0, 0.1) is 0 Å². The fourth-order valence-electron chi connectivity index (χ4n) is 2.64. The molecule has 0 spiro atoms. The van der Waals surface area contributed by atoms with Crippen molar-refractivity contribution >= 4 is 41.8 Å². The van der Waals surface area contributed by atoms with E-state index in [1.54, 1.807) is 0 Å². The Balaban J connectivity index is 2.16. The quantitative estimate of drug-likeness (QED) is 0.730. The first kappa shape index (κ1) is 15.0. The van der Waals surface area contributed by atoms with Crippen LogP contribution >= 0.6 is 11.6 Å². The van der Waals surface area contributed by atoms with Crippen LogP contribution in [0.4, 0.5) is 0 Å². The number of ether oxygens (including phenoxy) is 2. The van der Waals surface area contributed by atoms with Gasteiger partial charge in [0, 0.05) is 0 Å². The number of hydrogen-bond acceptors (Lipinski definition) is 2. The number of hydrogen-bond donors (Lipinski definition) is 0. The van der Waals surface area contributed by atoms with Crippen LogP contribution in [0.1, 0.15) is 32.3 Å². The molecule has 0 N–H and O–H groups in total. The van der Waals surface area contributed by atoms with Crippen molar-refractivity contribution in [1.82, 2.24) is 0 Å². The third-order valence-electron chi connectivity index (χ3n) is 3.69. The van der Waals surface area contributed by atoms with E-state index in [1.807, 2.05) is 6.07 Å². The van der Waals surface area contributed by atoms with E-state index in [2.05, 4.69) is 26.0 Å².